The molecule has 0 spiro atoms. The second-order valence-electron chi connectivity index (χ2n) is 4.63. The molecule has 1 aliphatic rings. The van der Waals surface area contributed by atoms with E-state index in [0.717, 1.165) is 0 Å². The van der Waals surface area contributed by atoms with Crippen molar-refractivity contribution in [3.05, 3.63) is 35.9 Å². The molecule has 0 unspecified atom stereocenters. The Morgan fingerprint density at radius 1 is 1.25 bits per heavy atom. The number of benzene rings is 1. The molecule has 6 heteroatoms. The molecule has 1 aliphatic heterocycles. The third-order valence-corrected chi connectivity index (χ3v) is 3.29. The van der Waals surface area contributed by atoms with Crippen LogP contribution in [0.2, 0.25) is 0 Å². The zero-order chi connectivity index (χ0) is 14.5. The third-order valence-electron chi connectivity index (χ3n) is 3.29. The van der Waals surface area contributed by atoms with Gasteiger partial charge in [0.25, 0.3) is 5.91 Å². The Labute approximate surface area is 116 Å². The van der Waals surface area contributed by atoms with Gasteiger partial charge in [0, 0.05) is 12.1 Å². The fourth-order valence-corrected chi connectivity index (χ4v) is 2.27. The maximum absolute atomic E-state index is 11.9. The van der Waals surface area contributed by atoms with Crippen LogP contribution in [0.5, 0.6) is 0 Å². The number of aliphatic carboxylic acids is 1. The van der Waals surface area contributed by atoms with Gasteiger partial charge in [-0.05, 0) is 25.0 Å². The van der Waals surface area contributed by atoms with Crippen LogP contribution >= 0.6 is 0 Å². The molecule has 0 aliphatic carbocycles. The normalized spacial score (nSPS) is 17.8. The Kier molecular flexibility index (Phi) is 4.34. The van der Waals surface area contributed by atoms with Crippen molar-refractivity contribution in [3.63, 3.8) is 0 Å². The van der Waals surface area contributed by atoms with E-state index in [4.69, 9.17) is 5.11 Å². The third kappa shape index (κ3) is 3.14. The molecule has 1 saturated heterocycles. The number of nitrogens with one attached hydrogen (secondary N) is 1. The van der Waals surface area contributed by atoms with E-state index in [-0.39, 0.29) is 18.4 Å². The van der Waals surface area contributed by atoms with Crippen molar-refractivity contribution in [2.75, 3.05) is 13.1 Å². The molecular weight excluding hydrogens is 260 g/mol. The van der Waals surface area contributed by atoms with E-state index in [2.05, 4.69) is 5.32 Å². The topological polar surface area (TPSA) is 86.7 Å². The van der Waals surface area contributed by atoms with Gasteiger partial charge in [-0.25, -0.2) is 4.79 Å². The molecule has 1 aromatic carbocycles. The van der Waals surface area contributed by atoms with E-state index in [1.165, 1.54) is 4.90 Å². The molecule has 1 fully saturated rings. The van der Waals surface area contributed by atoms with Gasteiger partial charge in [-0.15, -0.1) is 0 Å². The Bertz CT molecular complexity index is 515. The highest BCUT2D eigenvalue weighted by Gasteiger charge is 2.33. The summed E-state index contributed by atoms with van der Waals surface area (Å²) >= 11 is 0. The van der Waals surface area contributed by atoms with E-state index in [0.29, 0.717) is 24.9 Å². The standard InChI is InChI=1S/C14H16N2O4/c17-12(16-8-4-7-11(16)14(19)20)9-15-13(18)10-5-2-1-3-6-10/h1-3,5-6,11H,4,7-9H2,(H,15,18)(H,19,20)/t11-/m0/s1. The van der Waals surface area contributed by atoms with Crippen LogP contribution in [0.3, 0.4) is 0 Å². The lowest BCUT2D eigenvalue weighted by molar-refractivity contribution is -0.147. The zero-order valence-corrected chi connectivity index (χ0v) is 10.9. The highest BCUT2D eigenvalue weighted by atomic mass is 16.4. The van der Waals surface area contributed by atoms with Crippen molar-refractivity contribution in [1.29, 1.82) is 0 Å². The molecule has 20 heavy (non-hydrogen) atoms. The van der Waals surface area contributed by atoms with Crippen molar-refractivity contribution < 1.29 is 19.5 Å². The Morgan fingerprint density at radius 2 is 1.95 bits per heavy atom. The van der Waals surface area contributed by atoms with Crippen LogP contribution in [0.4, 0.5) is 0 Å². The summed E-state index contributed by atoms with van der Waals surface area (Å²) in [4.78, 5) is 36.0. The van der Waals surface area contributed by atoms with Gasteiger partial charge in [-0.3, -0.25) is 9.59 Å². The zero-order valence-electron chi connectivity index (χ0n) is 10.9. The van der Waals surface area contributed by atoms with E-state index < -0.39 is 12.0 Å². The molecule has 2 amide bonds. The number of carboxylic acid groups (broad SMARTS) is 1. The van der Waals surface area contributed by atoms with Gasteiger partial charge in [0.15, 0.2) is 0 Å². The fourth-order valence-electron chi connectivity index (χ4n) is 2.27. The van der Waals surface area contributed by atoms with Crippen molar-refractivity contribution in [1.82, 2.24) is 10.2 Å². The smallest absolute Gasteiger partial charge is 0.326 e. The summed E-state index contributed by atoms with van der Waals surface area (Å²) in [6.45, 7) is 0.245. The Hall–Kier alpha value is -2.37. The average Bonchev–Trinajstić information content (AvgIpc) is 2.95. The van der Waals surface area contributed by atoms with Crippen molar-refractivity contribution in [2.24, 2.45) is 0 Å². The van der Waals surface area contributed by atoms with E-state index in [1.54, 1.807) is 30.3 Å². The number of carbonyl (C=O) groups excluding carboxylic acids is 2. The molecule has 0 radical (unpaired) electrons. The number of amides is 2. The summed E-state index contributed by atoms with van der Waals surface area (Å²) in [7, 11) is 0. The summed E-state index contributed by atoms with van der Waals surface area (Å²) in [6.07, 6.45) is 1.14. The highest BCUT2D eigenvalue weighted by Crippen LogP contribution is 2.17. The largest absolute Gasteiger partial charge is 0.480 e. The first-order valence-corrected chi connectivity index (χ1v) is 6.45. The van der Waals surface area contributed by atoms with E-state index >= 15 is 0 Å². The second kappa shape index (κ2) is 6.18. The van der Waals surface area contributed by atoms with Gasteiger partial charge in [0.2, 0.25) is 5.91 Å². The molecule has 1 aromatic rings. The van der Waals surface area contributed by atoms with E-state index in [9.17, 15) is 14.4 Å². The second-order valence-corrected chi connectivity index (χ2v) is 4.63. The van der Waals surface area contributed by atoms with Gasteiger partial charge in [0.05, 0.1) is 6.54 Å². The monoisotopic (exact) mass is 276 g/mol. The number of hydrogen-bond donors (Lipinski definition) is 2. The summed E-state index contributed by atoms with van der Waals surface area (Å²) in [5.74, 6) is -1.70. The molecule has 106 valence electrons. The SMILES string of the molecule is O=C(NCC(=O)N1CCC[C@H]1C(=O)O)c1ccccc1. The quantitative estimate of drug-likeness (QED) is 0.838. The molecular formula is C14H16N2O4. The number of carboxylic acids is 1. The lowest BCUT2D eigenvalue weighted by atomic mass is 10.2. The number of hydrogen-bond acceptors (Lipinski definition) is 3. The van der Waals surface area contributed by atoms with E-state index in [1.807, 2.05) is 0 Å². The lowest BCUT2D eigenvalue weighted by Gasteiger charge is -2.21. The van der Waals surface area contributed by atoms with Gasteiger partial charge in [-0.1, -0.05) is 18.2 Å². The minimum Gasteiger partial charge on any atom is -0.480 e. The van der Waals surface area contributed by atoms with Gasteiger partial charge < -0.3 is 15.3 Å². The molecule has 0 saturated carbocycles. The van der Waals surface area contributed by atoms with Crippen LogP contribution in [0.1, 0.15) is 23.2 Å². The summed E-state index contributed by atoms with van der Waals surface area (Å²) in [6, 6.07) is 7.79. The number of carbonyl (C=O) groups is 3. The fraction of sp³-hybridized carbons (Fsp3) is 0.357. The van der Waals surface area contributed by atoms with Crippen molar-refractivity contribution >= 4 is 17.8 Å². The molecule has 0 aromatic heterocycles. The highest BCUT2D eigenvalue weighted by molar-refractivity contribution is 5.96. The molecule has 6 nitrogen and oxygen atoms in total. The maximum Gasteiger partial charge on any atom is 0.326 e. The van der Waals surface area contributed by atoms with Crippen LogP contribution in [-0.2, 0) is 9.59 Å². The van der Waals surface area contributed by atoms with Gasteiger partial charge >= 0.3 is 5.97 Å². The minimum atomic E-state index is -0.995. The minimum absolute atomic E-state index is 0.183. The first-order chi connectivity index (χ1) is 9.59. The lowest BCUT2D eigenvalue weighted by Crippen LogP contribution is -2.45. The molecule has 1 atom stereocenters. The van der Waals surface area contributed by atoms with Crippen LogP contribution in [-0.4, -0.2) is 46.9 Å². The summed E-state index contributed by atoms with van der Waals surface area (Å²) < 4.78 is 0. The first kappa shape index (κ1) is 14.0. The Morgan fingerprint density at radius 3 is 2.60 bits per heavy atom. The number of nitrogens with zero attached hydrogens (tertiary/aromatic N) is 1. The van der Waals surface area contributed by atoms with Crippen LogP contribution in [0, 0.1) is 0 Å². The first-order valence-electron chi connectivity index (χ1n) is 6.45. The number of likely N-dealkylation sites (tertiary alicyclic amines) is 1. The molecule has 2 N–H and O–H groups in total. The molecule has 0 bridgehead atoms. The van der Waals surface area contributed by atoms with Crippen molar-refractivity contribution in [2.45, 2.75) is 18.9 Å². The number of rotatable bonds is 4. The molecule has 1 heterocycles. The van der Waals surface area contributed by atoms with Crippen LogP contribution < -0.4 is 5.32 Å². The average molecular weight is 276 g/mol. The Balaban J connectivity index is 1.89. The van der Waals surface area contributed by atoms with Crippen LogP contribution in [0.25, 0.3) is 0 Å². The van der Waals surface area contributed by atoms with Gasteiger partial charge in [0.1, 0.15) is 6.04 Å². The van der Waals surface area contributed by atoms with Gasteiger partial charge in [-0.2, -0.15) is 0 Å². The summed E-state index contributed by atoms with van der Waals surface area (Å²) in [5.41, 5.74) is 0.469. The molecule has 2 rings (SSSR count). The summed E-state index contributed by atoms with van der Waals surface area (Å²) in [5, 5.41) is 11.5. The van der Waals surface area contributed by atoms with Crippen molar-refractivity contribution in [3.8, 4) is 0 Å². The predicted octanol–water partition coefficient (Wildman–Crippen LogP) is 0.492. The maximum atomic E-state index is 11.9. The van der Waals surface area contributed by atoms with Crippen LogP contribution in [0.15, 0.2) is 30.3 Å². The predicted molar refractivity (Wildman–Crippen MR) is 71.1 cm³/mol.